The summed E-state index contributed by atoms with van der Waals surface area (Å²) in [6.07, 6.45) is 0.745. The molecule has 0 amide bonds. The lowest BCUT2D eigenvalue weighted by Gasteiger charge is -2.18. The normalized spacial score (nSPS) is 18.5. The van der Waals surface area contributed by atoms with Gasteiger partial charge in [0.2, 0.25) is 10.0 Å². The van der Waals surface area contributed by atoms with Crippen molar-refractivity contribution in [3.8, 4) is 0 Å². The molecule has 0 bridgehead atoms. The highest BCUT2D eigenvalue weighted by atomic mass is 35.5. The van der Waals surface area contributed by atoms with Crippen LogP contribution in [0.2, 0.25) is 0 Å². The van der Waals surface area contributed by atoms with Gasteiger partial charge in [-0.25, -0.2) is 17.6 Å². The average molecular weight is 367 g/mol. The average Bonchev–Trinajstić information content (AvgIpc) is 2.96. The van der Waals surface area contributed by atoms with Gasteiger partial charge in [-0.3, -0.25) is 0 Å². The zero-order valence-electron chi connectivity index (χ0n) is 12.9. The van der Waals surface area contributed by atoms with E-state index < -0.39 is 21.8 Å². The van der Waals surface area contributed by atoms with E-state index >= 15 is 0 Å². The third kappa shape index (κ3) is 4.20. The molecule has 1 unspecified atom stereocenters. The Hall–Kier alpha value is -1.22. The maximum absolute atomic E-state index is 13.3. The van der Waals surface area contributed by atoms with Crippen molar-refractivity contribution in [2.45, 2.75) is 11.3 Å². The lowest BCUT2D eigenvalue weighted by Crippen LogP contribution is -2.31. The van der Waals surface area contributed by atoms with Gasteiger partial charge in [0.25, 0.3) is 0 Å². The van der Waals surface area contributed by atoms with Gasteiger partial charge in [-0.05, 0) is 44.1 Å². The number of hydrogen-bond donors (Lipinski definition) is 1. The van der Waals surface area contributed by atoms with Crippen molar-refractivity contribution in [3.63, 3.8) is 0 Å². The molecule has 130 valence electrons. The van der Waals surface area contributed by atoms with Crippen molar-refractivity contribution in [1.82, 2.24) is 9.62 Å². The molecule has 1 saturated heterocycles. The summed E-state index contributed by atoms with van der Waals surface area (Å²) in [6.45, 7) is 1.48. The van der Waals surface area contributed by atoms with Gasteiger partial charge in [0, 0.05) is 13.1 Å². The van der Waals surface area contributed by atoms with Gasteiger partial charge in [-0.2, -0.15) is 4.31 Å². The zero-order chi connectivity index (χ0) is 16.3. The summed E-state index contributed by atoms with van der Waals surface area (Å²) in [6, 6.07) is 3.03. The standard InChI is InChI=1S/C14H19FN2O4S.ClH/c1-16-8-10-5-6-17(9-10)22(19,20)13-4-3-11(15)7-12(13)14(18)21-2;/h3-4,7,10,16H,5-6,8-9H2,1-2H3;1H. The fraction of sp³-hybridized carbons (Fsp3) is 0.500. The molecule has 0 aliphatic carbocycles. The topological polar surface area (TPSA) is 75.7 Å². The zero-order valence-corrected chi connectivity index (χ0v) is 14.5. The Morgan fingerprint density at radius 3 is 2.78 bits per heavy atom. The van der Waals surface area contributed by atoms with Crippen LogP contribution in [-0.2, 0) is 14.8 Å². The summed E-state index contributed by atoms with van der Waals surface area (Å²) < 4.78 is 44.7. The lowest BCUT2D eigenvalue weighted by atomic mass is 10.1. The number of esters is 1. The van der Waals surface area contributed by atoms with E-state index in [0.717, 1.165) is 38.3 Å². The molecule has 1 aliphatic heterocycles. The summed E-state index contributed by atoms with van der Waals surface area (Å²) in [7, 11) is -0.915. The first-order valence-corrected chi connectivity index (χ1v) is 8.36. The number of hydrogen-bond acceptors (Lipinski definition) is 5. The maximum Gasteiger partial charge on any atom is 0.339 e. The largest absolute Gasteiger partial charge is 0.465 e. The molecule has 1 atom stereocenters. The smallest absolute Gasteiger partial charge is 0.339 e. The molecule has 6 nitrogen and oxygen atoms in total. The number of rotatable bonds is 5. The molecular weight excluding hydrogens is 347 g/mol. The van der Waals surface area contributed by atoms with Gasteiger partial charge >= 0.3 is 5.97 Å². The first-order chi connectivity index (χ1) is 10.4. The van der Waals surface area contributed by atoms with Crippen molar-refractivity contribution >= 4 is 28.4 Å². The van der Waals surface area contributed by atoms with Crippen LogP contribution in [0.25, 0.3) is 0 Å². The second kappa shape index (κ2) is 8.05. The molecule has 1 N–H and O–H groups in total. The SMILES string of the molecule is CNCC1CCN(S(=O)(=O)c2ccc(F)cc2C(=O)OC)C1.Cl. The van der Waals surface area contributed by atoms with Crippen molar-refractivity contribution in [1.29, 1.82) is 0 Å². The Labute approximate surface area is 141 Å². The second-order valence-electron chi connectivity index (χ2n) is 5.21. The molecule has 1 aromatic rings. The van der Waals surface area contributed by atoms with E-state index in [1.807, 2.05) is 7.05 Å². The number of methoxy groups -OCH3 is 1. The highest BCUT2D eigenvalue weighted by Gasteiger charge is 2.34. The summed E-state index contributed by atoms with van der Waals surface area (Å²) in [5.74, 6) is -1.33. The van der Waals surface area contributed by atoms with Gasteiger partial charge in [0.15, 0.2) is 0 Å². The van der Waals surface area contributed by atoms with Gasteiger partial charge in [0.1, 0.15) is 5.82 Å². The van der Waals surface area contributed by atoms with Crippen molar-refractivity contribution < 1.29 is 22.3 Å². The minimum atomic E-state index is -3.85. The van der Waals surface area contributed by atoms with Crippen LogP contribution in [0.3, 0.4) is 0 Å². The number of carbonyl (C=O) groups excluding carboxylic acids is 1. The van der Waals surface area contributed by atoms with E-state index in [1.165, 1.54) is 4.31 Å². The first kappa shape index (κ1) is 19.8. The Bertz CT molecular complexity index is 669. The molecule has 1 fully saturated rings. The number of nitrogens with zero attached hydrogens (tertiary/aromatic N) is 1. The Morgan fingerprint density at radius 1 is 1.48 bits per heavy atom. The van der Waals surface area contributed by atoms with Crippen LogP contribution in [0.4, 0.5) is 4.39 Å². The maximum atomic E-state index is 13.3. The van der Waals surface area contributed by atoms with E-state index in [-0.39, 0.29) is 28.8 Å². The predicted molar refractivity (Wildman–Crippen MR) is 85.8 cm³/mol. The summed E-state index contributed by atoms with van der Waals surface area (Å²) in [5.41, 5.74) is -0.278. The van der Waals surface area contributed by atoms with Crippen LogP contribution in [-0.4, -0.2) is 52.5 Å². The fourth-order valence-corrected chi connectivity index (χ4v) is 4.30. The lowest BCUT2D eigenvalue weighted by molar-refractivity contribution is 0.0595. The van der Waals surface area contributed by atoms with Crippen molar-refractivity contribution in [3.05, 3.63) is 29.6 Å². The number of sulfonamides is 1. The molecule has 0 aromatic heterocycles. The molecule has 0 saturated carbocycles. The monoisotopic (exact) mass is 366 g/mol. The Balaban J connectivity index is 0.00000264. The summed E-state index contributed by atoms with van der Waals surface area (Å²) in [4.78, 5) is 11.5. The molecule has 1 aromatic carbocycles. The van der Waals surface area contributed by atoms with E-state index in [4.69, 9.17) is 0 Å². The second-order valence-corrected chi connectivity index (χ2v) is 7.11. The van der Waals surface area contributed by atoms with E-state index in [0.29, 0.717) is 13.1 Å². The van der Waals surface area contributed by atoms with Gasteiger partial charge in [-0.15, -0.1) is 12.4 Å². The van der Waals surface area contributed by atoms with E-state index in [1.54, 1.807) is 0 Å². The molecule has 0 radical (unpaired) electrons. The van der Waals surface area contributed by atoms with Crippen molar-refractivity contribution in [2.75, 3.05) is 33.8 Å². The molecule has 1 heterocycles. The molecule has 0 spiro atoms. The van der Waals surface area contributed by atoms with Gasteiger partial charge in [-0.1, -0.05) is 0 Å². The highest BCUT2D eigenvalue weighted by molar-refractivity contribution is 7.89. The van der Waals surface area contributed by atoms with Gasteiger partial charge < -0.3 is 10.1 Å². The highest BCUT2D eigenvalue weighted by Crippen LogP contribution is 2.27. The quantitative estimate of drug-likeness (QED) is 0.794. The molecule has 9 heteroatoms. The third-order valence-corrected chi connectivity index (χ3v) is 5.63. The first-order valence-electron chi connectivity index (χ1n) is 6.92. The fourth-order valence-electron chi connectivity index (χ4n) is 2.61. The number of ether oxygens (including phenoxy) is 1. The van der Waals surface area contributed by atoms with Crippen LogP contribution < -0.4 is 5.32 Å². The number of carbonyl (C=O) groups is 1. The van der Waals surface area contributed by atoms with Crippen LogP contribution in [0, 0.1) is 11.7 Å². The van der Waals surface area contributed by atoms with E-state index in [2.05, 4.69) is 10.1 Å². The molecule has 2 rings (SSSR count). The Kier molecular flexibility index (Phi) is 6.94. The summed E-state index contributed by atoms with van der Waals surface area (Å²) >= 11 is 0. The van der Waals surface area contributed by atoms with Crippen LogP contribution in [0.15, 0.2) is 23.1 Å². The van der Waals surface area contributed by atoms with Gasteiger partial charge in [0.05, 0.1) is 17.6 Å². The Morgan fingerprint density at radius 2 is 2.17 bits per heavy atom. The summed E-state index contributed by atoms with van der Waals surface area (Å²) in [5, 5.41) is 3.02. The molecule has 23 heavy (non-hydrogen) atoms. The number of nitrogens with one attached hydrogen (secondary N) is 1. The number of benzene rings is 1. The van der Waals surface area contributed by atoms with Crippen molar-refractivity contribution in [2.24, 2.45) is 5.92 Å². The molecule has 1 aliphatic rings. The predicted octanol–water partition coefficient (Wildman–Crippen LogP) is 1.26. The van der Waals surface area contributed by atoms with E-state index in [9.17, 15) is 17.6 Å². The molecular formula is C14H20ClFN2O4S. The van der Waals surface area contributed by atoms with Crippen LogP contribution in [0.5, 0.6) is 0 Å². The minimum Gasteiger partial charge on any atom is -0.465 e. The minimum absolute atomic E-state index is 0. The number of halogens is 2. The third-order valence-electron chi connectivity index (χ3n) is 3.71. The van der Waals surface area contributed by atoms with Crippen LogP contribution in [0.1, 0.15) is 16.8 Å². The van der Waals surface area contributed by atoms with Crippen LogP contribution >= 0.6 is 12.4 Å².